The van der Waals surface area contributed by atoms with Crippen LogP contribution >= 0.6 is 0 Å². The Hall–Kier alpha value is -5.04. The Balaban J connectivity index is 1.27. The van der Waals surface area contributed by atoms with Gasteiger partial charge >= 0.3 is 0 Å². The molecule has 0 aliphatic heterocycles. The first kappa shape index (κ1) is 22.7. The minimum Gasteiger partial charge on any atom is -0.343 e. The summed E-state index contributed by atoms with van der Waals surface area (Å²) < 4.78 is 1.77. The molecule has 0 aliphatic rings. The number of nitrogens with zero attached hydrogens (tertiary/aromatic N) is 3. The van der Waals surface area contributed by atoms with Gasteiger partial charge in [0.05, 0.1) is 18.4 Å². The average Bonchev–Trinajstić information content (AvgIpc) is 3.36. The molecule has 0 saturated heterocycles. The molecule has 0 saturated carbocycles. The third kappa shape index (κ3) is 5.05. The van der Waals surface area contributed by atoms with Crippen molar-refractivity contribution in [3.05, 3.63) is 120 Å². The molecule has 0 unspecified atom stereocenters. The fourth-order valence-electron chi connectivity index (χ4n) is 3.91. The van der Waals surface area contributed by atoms with Crippen molar-refractivity contribution >= 4 is 28.8 Å². The summed E-state index contributed by atoms with van der Waals surface area (Å²) in [5, 5.41) is 13.3. The minimum absolute atomic E-state index is 0.200. The summed E-state index contributed by atoms with van der Waals surface area (Å²) in [5.41, 5.74) is 6.32. The smallest absolute Gasteiger partial charge is 0.259 e. The zero-order valence-corrected chi connectivity index (χ0v) is 19.3. The van der Waals surface area contributed by atoms with E-state index in [1.54, 1.807) is 17.0 Å². The summed E-state index contributed by atoms with van der Waals surface area (Å²) in [6.07, 6.45) is 3.41. The molecule has 4 aromatic carbocycles. The van der Waals surface area contributed by atoms with Gasteiger partial charge in [-0.1, -0.05) is 84.9 Å². The van der Waals surface area contributed by atoms with E-state index in [0.717, 1.165) is 33.3 Å². The standard InChI is InChI=1S/C29H23N5O2/c35-27(19-30-29(36)26-17-9-13-21-10-7-8-16-25(21)26)32-31-18-23-20-34(24-14-5-2-6-15-24)33-28(23)22-11-3-1-4-12-22/h1-18,20H,19H2,(H,30,36)(H,32,35)/b31-18-. The number of amides is 2. The lowest BCUT2D eigenvalue weighted by Gasteiger charge is -2.07. The highest BCUT2D eigenvalue weighted by molar-refractivity contribution is 6.07. The topological polar surface area (TPSA) is 88.4 Å². The summed E-state index contributed by atoms with van der Waals surface area (Å²) in [6.45, 7) is -0.200. The lowest BCUT2D eigenvalue weighted by molar-refractivity contribution is -0.120. The number of nitrogens with one attached hydrogen (secondary N) is 2. The van der Waals surface area contributed by atoms with Gasteiger partial charge in [-0.2, -0.15) is 10.2 Å². The van der Waals surface area contributed by atoms with Crippen molar-refractivity contribution in [1.82, 2.24) is 20.5 Å². The normalized spacial score (nSPS) is 11.0. The van der Waals surface area contributed by atoms with Crippen LogP contribution in [0.3, 0.4) is 0 Å². The maximum atomic E-state index is 12.7. The number of aromatic nitrogens is 2. The van der Waals surface area contributed by atoms with Gasteiger partial charge in [-0.3, -0.25) is 9.59 Å². The second-order valence-corrected chi connectivity index (χ2v) is 8.08. The largest absolute Gasteiger partial charge is 0.343 e. The van der Waals surface area contributed by atoms with E-state index in [1.165, 1.54) is 0 Å². The summed E-state index contributed by atoms with van der Waals surface area (Å²) in [6, 6.07) is 32.6. The van der Waals surface area contributed by atoms with Crippen molar-refractivity contribution < 1.29 is 9.59 Å². The van der Waals surface area contributed by atoms with Gasteiger partial charge in [-0.15, -0.1) is 0 Å². The number of para-hydroxylation sites is 1. The Morgan fingerprint density at radius 3 is 2.33 bits per heavy atom. The maximum absolute atomic E-state index is 12.7. The third-order valence-corrected chi connectivity index (χ3v) is 5.65. The molecule has 0 spiro atoms. The molecule has 0 radical (unpaired) electrons. The van der Waals surface area contributed by atoms with E-state index in [1.807, 2.05) is 103 Å². The van der Waals surface area contributed by atoms with Gasteiger partial charge in [0.1, 0.15) is 5.69 Å². The number of carbonyl (C=O) groups excluding carboxylic acids is 2. The second kappa shape index (κ2) is 10.5. The van der Waals surface area contributed by atoms with E-state index in [4.69, 9.17) is 5.10 Å². The number of fused-ring (bicyclic) bond motifs is 1. The number of hydrogen-bond donors (Lipinski definition) is 2. The molecule has 176 valence electrons. The van der Waals surface area contributed by atoms with Gasteiger partial charge in [0.15, 0.2) is 0 Å². The van der Waals surface area contributed by atoms with Crippen LogP contribution in [-0.4, -0.2) is 34.4 Å². The van der Waals surface area contributed by atoms with Crippen molar-refractivity contribution in [1.29, 1.82) is 0 Å². The SMILES string of the molecule is O=C(CNC(=O)c1cccc2ccccc12)N/N=C\c1cn(-c2ccccc2)nc1-c1ccccc1. The zero-order chi connectivity index (χ0) is 24.7. The predicted octanol–water partition coefficient (Wildman–Crippen LogP) is 4.57. The molecule has 1 aromatic heterocycles. The van der Waals surface area contributed by atoms with Gasteiger partial charge in [0, 0.05) is 22.9 Å². The molecule has 5 aromatic rings. The molecule has 36 heavy (non-hydrogen) atoms. The minimum atomic E-state index is -0.434. The Morgan fingerprint density at radius 1 is 0.833 bits per heavy atom. The molecule has 2 N–H and O–H groups in total. The Labute approximate surface area is 208 Å². The monoisotopic (exact) mass is 473 g/mol. The first-order chi connectivity index (χ1) is 17.7. The van der Waals surface area contributed by atoms with Crippen LogP contribution in [0, 0.1) is 0 Å². The molecular formula is C29H23N5O2. The van der Waals surface area contributed by atoms with E-state index in [0.29, 0.717) is 5.56 Å². The first-order valence-corrected chi connectivity index (χ1v) is 11.5. The fourth-order valence-corrected chi connectivity index (χ4v) is 3.91. The zero-order valence-electron chi connectivity index (χ0n) is 19.3. The van der Waals surface area contributed by atoms with Crippen molar-refractivity contribution in [3.8, 4) is 16.9 Å². The Bertz CT molecular complexity index is 1540. The van der Waals surface area contributed by atoms with E-state index >= 15 is 0 Å². The Morgan fingerprint density at radius 2 is 1.53 bits per heavy atom. The van der Waals surface area contributed by atoms with Crippen LogP contribution in [0.1, 0.15) is 15.9 Å². The van der Waals surface area contributed by atoms with E-state index in [-0.39, 0.29) is 12.5 Å². The van der Waals surface area contributed by atoms with Gasteiger partial charge in [-0.05, 0) is 29.0 Å². The Kier molecular flexibility index (Phi) is 6.62. The molecule has 1 heterocycles. The highest BCUT2D eigenvalue weighted by Crippen LogP contribution is 2.22. The van der Waals surface area contributed by atoms with Gasteiger partial charge in [0.25, 0.3) is 11.8 Å². The summed E-state index contributed by atoms with van der Waals surface area (Å²) >= 11 is 0. The quantitative estimate of drug-likeness (QED) is 0.268. The van der Waals surface area contributed by atoms with Crippen LogP contribution in [0.4, 0.5) is 0 Å². The fraction of sp³-hybridized carbons (Fsp3) is 0.0345. The van der Waals surface area contributed by atoms with Gasteiger partial charge in [-0.25, -0.2) is 10.1 Å². The van der Waals surface area contributed by atoms with Crippen molar-refractivity contribution in [3.63, 3.8) is 0 Å². The average molecular weight is 474 g/mol. The molecular weight excluding hydrogens is 450 g/mol. The number of hydrazone groups is 1. The van der Waals surface area contributed by atoms with E-state index in [9.17, 15) is 9.59 Å². The number of rotatable bonds is 7. The van der Waals surface area contributed by atoms with Crippen LogP contribution in [-0.2, 0) is 4.79 Å². The highest BCUT2D eigenvalue weighted by atomic mass is 16.2. The van der Waals surface area contributed by atoms with Crippen LogP contribution in [0.2, 0.25) is 0 Å². The van der Waals surface area contributed by atoms with Gasteiger partial charge < -0.3 is 5.32 Å². The molecule has 0 bridgehead atoms. The first-order valence-electron chi connectivity index (χ1n) is 11.5. The van der Waals surface area contributed by atoms with Gasteiger partial charge in [0.2, 0.25) is 0 Å². The molecule has 5 rings (SSSR count). The van der Waals surface area contributed by atoms with Crippen molar-refractivity contribution in [2.45, 2.75) is 0 Å². The third-order valence-electron chi connectivity index (χ3n) is 5.65. The molecule has 0 fully saturated rings. The second-order valence-electron chi connectivity index (χ2n) is 8.08. The molecule has 7 heteroatoms. The summed E-state index contributed by atoms with van der Waals surface area (Å²) in [7, 11) is 0. The maximum Gasteiger partial charge on any atom is 0.259 e. The highest BCUT2D eigenvalue weighted by Gasteiger charge is 2.12. The lowest BCUT2D eigenvalue weighted by atomic mass is 10.0. The number of benzene rings is 4. The van der Waals surface area contributed by atoms with E-state index in [2.05, 4.69) is 15.8 Å². The molecule has 0 aliphatic carbocycles. The lowest BCUT2D eigenvalue weighted by Crippen LogP contribution is -2.35. The predicted molar refractivity (Wildman–Crippen MR) is 141 cm³/mol. The summed E-state index contributed by atoms with van der Waals surface area (Å²) in [4.78, 5) is 25.0. The number of carbonyl (C=O) groups is 2. The van der Waals surface area contributed by atoms with E-state index < -0.39 is 5.91 Å². The number of hydrogen-bond acceptors (Lipinski definition) is 4. The van der Waals surface area contributed by atoms with Crippen LogP contribution in [0.5, 0.6) is 0 Å². The van der Waals surface area contributed by atoms with Crippen molar-refractivity contribution in [2.24, 2.45) is 5.10 Å². The van der Waals surface area contributed by atoms with Crippen LogP contribution in [0.25, 0.3) is 27.7 Å². The van der Waals surface area contributed by atoms with Crippen LogP contribution in [0.15, 0.2) is 114 Å². The molecule has 2 amide bonds. The summed E-state index contributed by atoms with van der Waals surface area (Å²) in [5.74, 6) is -0.752. The molecule has 0 atom stereocenters. The molecule has 7 nitrogen and oxygen atoms in total. The van der Waals surface area contributed by atoms with Crippen molar-refractivity contribution in [2.75, 3.05) is 6.54 Å². The van der Waals surface area contributed by atoms with Crippen LogP contribution < -0.4 is 10.7 Å².